The molecule has 0 heterocycles. The molecule has 2 N–H and O–H groups in total. The van der Waals surface area contributed by atoms with Gasteiger partial charge in [0.15, 0.2) is 0 Å². The van der Waals surface area contributed by atoms with Crippen molar-refractivity contribution in [2.45, 2.75) is 45.6 Å². The van der Waals surface area contributed by atoms with Gasteiger partial charge in [0, 0.05) is 31.5 Å². The van der Waals surface area contributed by atoms with Gasteiger partial charge in [-0.2, -0.15) is 0 Å². The van der Waals surface area contributed by atoms with Gasteiger partial charge in [0.1, 0.15) is 11.6 Å². The Morgan fingerprint density at radius 2 is 1.91 bits per heavy atom. The minimum atomic E-state index is -0.664. The van der Waals surface area contributed by atoms with E-state index in [-0.39, 0.29) is 17.4 Å². The molecule has 2 amide bonds. The van der Waals surface area contributed by atoms with Gasteiger partial charge < -0.3 is 10.6 Å². The summed E-state index contributed by atoms with van der Waals surface area (Å²) in [5.74, 6) is -1.54. The summed E-state index contributed by atoms with van der Waals surface area (Å²) in [5, 5.41) is 5.38. The summed E-state index contributed by atoms with van der Waals surface area (Å²) in [6.45, 7) is 3.72. The van der Waals surface area contributed by atoms with Crippen LogP contribution in [0.1, 0.15) is 51.1 Å². The van der Waals surface area contributed by atoms with Crippen molar-refractivity contribution >= 4 is 11.8 Å². The van der Waals surface area contributed by atoms with E-state index >= 15 is 0 Å². The second-order valence-corrected chi connectivity index (χ2v) is 5.25. The molecular formula is C16H22F2N2O2. The zero-order valence-electron chi connectivity index (χ0n) is 12.9. The molecule has 1 unspecified atom stereocenters. The van der Waals surface area contributed by atoms with Crippen LogP contribution in [0.25, 0.3) is 0 Å². The zero-order valence-corrected chi connectivity index (χ0v) is 12.9. The molecule has 1 aromatic carbocycles. The number of hydrogen-bond acceptors (Lipinski definition) is 2. The van der Waals surface area contributed by atoms with Gasteiger partial charge >= 0.3 is 0 Å². The maximum absolute atomic E-state index is 13.6. The predicted molar refractivity (Wildman–Crippen MR) is 80.1 cm³/mol. The Morgan fingerprint density at radius 3 is 2.55 bits per heavy atom. The van der Waals surface area contributed by atoms with Gasteiger partial charge in [-0.3, -0.25) is 9.59 Å². The van der Waals surface area contributed by atoms with E-state index in [1.54, 1.807) is 6.92 Å². The molecular weight excluding hydrogens is 290 g/mol. The molecule has 22 heavy (non-hydrogen) atoms. The van der Waals surface area contributed by atoms with Gasteiger partial charge in [0.25, 0.3) is 0 Å². The summed E-state index contributed by atoms with van der Waals surface area (Å²) in [7, 11) is 0. The van der Waals surface area contributed by atoms with Gasteiger partial charge in [0.05, 0.1) is 6.04 Å². The van der Waals surface area contributed by atoms with Crippen LogP contribution in [0.5, 0.6) is 0 Å². The summed E-state index contributed by atoms with van der Waals surface area (Å²) in [4.78, 5) is 22.4. The highest BCUT2D eigenvalue weighted by atomic mass is 19.1. The molecule has 0 aromatic heterocycles. The lowest BCUT2D eigenvalue weighted by atomic mass is 10.1. The fourth-order valence-electron chi connectivity index (χ4n) is 2.10. The zero-order chi connectivity index (χ0) is 16.5. The van der Waals surface area contributed by atoms with E-state index in [0.717, 1.165) is 18.9 Å². The van der Waals surface area contributed by atoms with Crippen LogP contribution in [0.3, 0.4) is 0 Å². The number of rotatable bonds is 8. The first-order valence-corrected chi connectivity index (χ1v) is 7.39. The first-order chi connectivity index (χ1) is 10.4. The molecule has 6 heteroatoms. The number of unbranched alkanes of at least 4 members (excludes halogenated alkanes) is 2. The SMILES string of the molecule is CC(=O)NCCCCCC(=O)NC(C)c1ccc(F)cc1F. The summed E-state index contributed by atoms with van der Waals surface area (Å²) >= 11 is 0. The third kappa shape index (κ3) is 6.65. The smallest absolute Gasteiger partial charge is 0.220 e. The largest absolute Gasteiger partial charge is 0.356 e. The molecule has 0 bridgehead atoms. The van der Waals surface area contributed by atoms with Crippen molar-refractivity contribution in [3.8, 4) is 0 Å². The first-order valence-electron chi connectivity index (χ1n) is 7.39. The van der Waals surface area contributed by atoms with E-state index in [1.807, 2.05) is 0 Å². The summed E-state index contributed by atoms with van der Waals surface area (Å²) in [5.41, 5.74) is 0.264. The third-order valence-corrected chi connectivity index (χ3v) is 3.26. The summed E-state index contributed by atoms with van der Waals surface area (Å²) in [6, 6.07) is 2.80. The van der Waals surface area contributed by atoms with Crippen molar-refractivity contribution in [3.63, 3.8) is 0 Å². The summed E-state index contributed by atoms with van der Waals surface area (Å²) in [6.07, 6.45) is 2.68. The molecule has 1 aromatic rings. The fraction of sp³-hybridized carbons (Fsp3) is 0.500. The lowest BCUT2D eigenvalue weighted by molar-refractivity contribution is -0.122. The van der Waals surface area contributed by atoms with Gasteiger partial charge in [-0.15, -0.1) is 0 Å². The average molecular weight is 312 g/mol. The quantitative estimate of drug-likeness (QED) is 0.725. The van der Waals surface area contributed by atoms with Crippen molar-refractivity contribution in [2.75, 3.05) is 6.54 Å². The monoisotopic (exact) mass is 312 g/mol. The second-order valence-electron chi connectivity index (χ2n) is 5.25. The van der Waals surface area contributed by atoms with Crippen molar-refractivity contribution in [3.05, 3.63) is 35.4 Å². The highest BCUT2D eigenvalue weighted by Crippen LogP contribution is 2.17. The van der Waals surface area contributed by atoms with Gasteiger partial charge in [-0.1, -0.05) is 12.5 Å². The maximum Gasteiger partial charge on any atom is 0.220 e. The van der Waals surface area contributed by atoms with Crippen LogP contribution in [0, 0.1) is 11.6 Å². The number of benzene rings is 1. The minimum absolute atomic E-state index is 0.0621. The minimum Gasteiger partial charge on any atom is -0.356 e. The van der Waals surface area contributed by atoms with Gasteiger partial charge in [-0.25, -0.2) is 8.78 Å². The van der Waals surface area contributed by atoms with Crippen LogP contribution in [-0.2, 0) is 9.59 Å². The van der Waals surface area contributed by atoms with Crippen LogP contribution >= 0.6 is 0 Å². The van der Waals surface area contributed by atoms with E-state index in [4.69, 9.17) is 0 Å². The fourth-order valence-corrected chi connectivity index (χ4v) is 2.10. The predicted octanol–water partition coefficient (Wildman–Crippen LogP) is 2.84. The Hall–Kier alpha value is -1.98. The molecule has 0 spiro atoms. The van der Waals surface area contributed by atoms with Crippen LogP contribution < -0.4 is 10.6 Å². The van der Waals surface area contributed by atoms with E-state index in [2.05, 4.69) is 10.6 Å². The van der Waals surface area contributed by atoms with Crippen molar-refractivity contribution < 1.29 is 18.4 Å². The number of carbonyl (C=O) groups excluding carboxylic acids is 2. The Morgan fingerprint density at radius 1 is 1.18 bits per heavy atom. The van der Waals surface area contributed by atoms with E-state index in [0.29, 0.717) is 19.4 Å². The Kier molecular flexibility index (Phi) is 7.49. The molecule has 1 rings (SSSR count). The summed E-state index contributed by atoms with van der Waals surface area (Å²) < 4.78 is 26.4. The molecule has 0 aliphatic carbocycles. The van der Waals surface area contributed by atoms with Crippen LogP contribution in [0.4, 0.5) is 8.78 Å². The number of amides is 2. The third-order valence-electron chi connectivity index (χ3n) is 3.26. The van der Waals surface area contributed by atoms with E-state index in [1.165, 1.54) is 19.1 Å². The van der Waals surface area contributed by atoms with Crippen LogP contribution in [-0.4, -0.2) is 18.4 Å². The highest BCUT2D eigenvalue weighted by molar-refractivity contribution is 5.76. The van der Waals surface area contributed by atoms with Gasteiger partial charge in [-0.05, 0) is 25.8 Å². The molecule has 1 atom stereocenters. The van der Waals surface area contributed by atoms with E-state index in [9.17, 15) is 18.4 Å². The number of carbonyl (C=O) groups is 2. The molecule has 0 aliphatic rings. The maximum atomic E-state index is 13.6. The molecule has 0 aliphatic heterocycles. The van der Waals surface area contributed by atoms with Crippen molar-refractivity contribution in [1.29, 1.82) is 0 Å². The Labute approximate surface area is 129 Å². The standard InChI is InChI=1S/C16H22F2N2O2/c1-11(14-8-7-13(17)10-15(14)18)20-16(22)6-4-3-5-9-19-12(2)21/h7-8,10-11H,3-6,9H2,1-2H3,(H,19,21)(H,20,22). The van der Waals surface area contributed by atoms with E-state index < -0.39 is 17.7 Å². The van der Waals surface area contributed by atoms with Crippen LogP contribution in [0.15, 0.2) is 18.2 Å². The highest BCUT2D eigenvalue weighted by Gasteiger charge is 2.13. The lowest BCUT2D eigenvalue weighted by Gasteiger charge is -2.15. The Bertz CT molecular complexity index is 521. The molecule has 0 radical (unpaired) electrons. The molecule has 4 nitrogen and oxygen atoms in total. The first kappa shape index (κ1) is 18.1. The molecule has 122 valence electrons. The average Bonchev–Trinajstić information content (AvgIpc) is 2.42. The molecule has 0 saturated carbocycles. The molecule has 0 fully saturated rings. The Balaban J connectivity index is 2.28. The van der Waals surface area contributed by atoms with Gasteiger partial charge in [0.2, 0.25) is 11.8 Å². The number of halogens is 2. The second kappa shape index (κ2) is 9.12. The topological polar surface area (TPSA) is 58.2 Å². The normalized spacial score (nSPS) is 11.8. The molecule has 0 saturated heterocycles. The number of nitrogens with one attached hydrogen (secondary N) is 2. The van der Waals surface area contributed by atoms with Crippen LogP contribution in [0.2, 0.25) is 0 Å². The van der Waals surface area contributed by atoms with Crippen molar-refractivity contribution in [2.24, 2.45) is 0 Å². The lowest BCUT2D eigenvalue weighted by Crippen LogP contribution is -2.27. The number of hydrogen-bond donors (Lipinski definition) is 2. The van der Waals surface area contributed by atoms with Crippen molar-refractivity contribution in [1.82, 2.24) is 10.6 Å².